The molecule has 2 N–H and O–H groups in total. The third kappa shape index (κ3) is 4.96. The smallest absolute Gasteiger partial charge is 0.224 e. The van der Waals surface area contributed by atoms with Crippen molar-refractivity contribution in [2.45, 2.75) is 44.6 Å². The van der Waals surface area contributed by atoms with Crippen LogP contribution in [0.25, 0.3) is 10.9 Å². The van der Waals surface area contributed by atoms with E-state index in [1.807, 2.05) is 30.3 Å². The number of nitrogens with one attached hydrogen (secondary N) is 2. The molecule has 0 saturated carbocycles. The minimum atomic E-state index is 0.0670. The molecule has 1 aromatic heterocycles. The molecule has 0 spiro atoms. The molecule has 2 aliphatic rings. The Kier molecular flexibility index (Phi) is 6.44. The Labute approximate surface area is 194 Å². The van der Waals surface area contributed by atoms with Crippen LogP contribution < -0.4 is 15.4 Å². The molecular weight excluding hydrogens is 414 g/mol. The normalized spacial score (nSPS) is 18.5. The van der Waals surface area contributed by atoms with Crippen LogP contribution in [0.4, 0.5) is 11.5 Å². The minimum Gasteiger partial charge on any atom is -0.496 e. The van der Waals surface area contributed by atoms with E-state index in [1.165, 1.54) is 11.1 Å². The lowest BCUT2D eigenvalue weighted by atomic mass is 9.87. The number of pyridine rings is 1. The average molecular weight is 446 g/mol. The van der Waals surface area contributed by atoms with Gasteiger partial charge in [-0.15, -0.1) is 0 Å². The maximum Gasteiger partial charge on any atom is 0.224 e. The summed E-state index contributed by atoms with van der Waals surface area (Å²) in [5, 5.41) is 7.68. The van der Waals surface area contributed by atoms with Crippen LogP contribution in [-0.4, -0.2) is 31.2 Å². The molecule has 1 fully saturated rings. The van der Waals surface area contributed by atoms with Crippen LogP contribution in [0.15, 0.2) is 48.5 Å². The van der Waals surface area contributed by atoms with Gasteiger partial charge in [-0.2, -0.15) is 0 Å². The zero-order valence-electron chi connectivity index (χ0n) is 19.1. The van der Waals surface area contributed by atoms with Gasteiger partial charge in [-0.1, -0.05) is 12.1 Å². The van der Waals surface area contributed by atoms with Gasteiger partial charge in [0.1, 0.15) is 11.6 Å². The molecule has 6 heteroatoms. The first-order chi connectivity index (χ1) is 16.2. The molecule has 172 valence electrons. The van der Waals surface area contributed by atoms with Gasteiger partial charge in [-0.25, -0.2) is 4.98 Å². The van der Waals surface area contributed by atoms with E-state index in [1.54, 1.807) is 7.11 Å². The van der Waals surface area contributed by atoms with Crippen LogP contribution in [-0.2, 0) is 16.0 Å². The number of rotatable bonds is 6. The number of nitrogens with zero attached hydrogens (tertiary/aromatic N) is 1. The van der Waals surface area contributed by atoms with Crippen molar-refractivity contribution < 1.29 is 14.3 Å². The quantitative estimate of drug-likeness (QED) is 0.525. The first kappa shape index (κ1) is 21.7. The lowest BCUT2D eigenvalue weighted by molar-refractivity contribution is -0.117. The lowest BCUT2D eigenvalue weighted by Crippen LogP contribution is -2.22. The highest BCUT2D eigenvalue weighted by atomic mass is 16.5. The molecule has 2 heterocycles. The Hall–Kier alpha value is -3.12. The Morgan fingerprint density at radius 1 is 1.12 bits per heavy atom. The summed E-state index contributed by atoms with van der Waals surface area (Å²) in [5.41, 5.74) is 4.31. The van der Waals surface area contributed by atoms with E-state index in [0.717, 1.165) is 73.5 Å². The summed E-state index contributed by atoms with van der Waals surface area (Å²) in [7, 11) is 1.73. The fourth-order valence-electron chi connectivity index (χ4n) is 5.05. The number of amides is 1. The van der Waals surface area contributed by atoms with Crippen LogP contribution in [0.2, 0.25) is 0 Å². The number of hydrogen-bond donors (Lipinski definition) is 2. The van der Waals surface area contributed by atoms with Gasteiger partial charge in [0.25, 0.3) is 0 Å². The van der Waals surface area contributed by atoms with E-state index >= 15 is 0 Å². The minimum absolute atomic E-state index is 0.0670. The number of anilines is 2. The Morgan fingerprint density at radius 2 is 2.00 bits per heavy atom. The topological polar surface area (TPSA) is 72.5 Å². The molecule has 1 amide bonds. The molecule has 6 nitrogen and oxygen atoms in total. The molecule has 1 aliphatic heterocycles. The molecule has 1 aliphatic carbocycles. The predicted octanol–water partition coefficient (Wildman–Crippen LogP) is 5.49. The molecule has 1 atom stereocenters. The summed E-state index contributed by atoms with van der Waals surface area (Å²) in [6.07, 6.45) is 5.74. The highest BCUT2D eigenvalue weighted by Crippen LogP contribution is 2.38. The zero-order valence-corrected chi connectivity index (χ0v) is 19.1. The molecule has 5 rings (SSSR count). The molecule has 0 radical (unpaired) electrons. The number of benzene rings is 2. The number of hydrogen-bond acceptors (Lipinski definition) is 5. The number of aromatic nitrogens is 1. The van der Waals surface area contributed by atoms with Crippen LogP contribution in [0.5, 0.6) is 5.75 Å². The highest BCUT2D eigenvalue weighted by Gasteiger charge is 2.24. The lowest BCUT2D eigenvalue weighted by Gasteiger charge is -2.28. The van der Waals surface area contributed by atoms with Gasteiger partial charge in [0.2, 0.25) is 5.91 Å². The van der Waals surface area contributed by atoms with E-state index in [-0.39, 0.29) is 11.9 Å². The summed E-state index contributed by atoms with van der Waals surface area (Å²) in [4.78, 5) is 17.3. The second-order valence-electron chi connectivity index (χ2n) is 9.03. The molecule has 1 saturated heterocycles. The maximum atomic E-state index is 12.5. The van der Waals surface area contributed by atoms with E-state index in [2.05, 4.69) is 28.8 Å². The molecule has 0 bridgehead atoms. The molecule has 1 unspecified atom stereocenters. The Morgan fingerprint density at radius 3 is 2.85 bits per heavy atom. The largest absolute Gasteiger partial charge is 0.496 e. The summed E-state index contributed by atoms with van der Waals surface area (Å²) >= 11 is 0. The Bertz CT molecular complexity index is 1130. The van der Waals surface area contributed by atoms with Gasteiger partial charge < -0.3 is 20.1 Å². The highest BCUT2D eigenvalue weighted by molar-refractivity contribution is 5.94. The van der Waals surface area contributed by atoms with Crippen LogP contribution >= 0.6 is 0 Å². The summed E-state index contributed by atoms with van der Waals surface area (Å²) in [5.74, 6) is 2.27. The second-order valence-corrected chi connectivity index (χ2v) is 9.03. The number of fused-ring (bicyclic) bond motifs is 2. The van der Waals surface area contributed by atoms with Gasteiger partial charge in [0.15, 0.2) is 0 Å². The summed E-state index contributed by atoms with van der Waals surface area (Å²) in [6.45, 7) is 1.52. The van der Waals surface area contributed by atoms with Crippen LogP contribution in [0.1, 0.15) is 49.3 Å². The standard InChI is InChI=1S/C27H31N3O3/c1-32-24-7-3-5-19-4-2-6-23(27(19)24)30-25-11-8-20-17-21(9-10-22(20)29-25)28-26(31)16-18-12-14-33-15-13-18/h3,5,7-11,17-18,23H,2,4,6,12-16H2,1H3,(H,28,31)(H,29,30). The van der Waals surface area contributed by atoms with Crippen molar-refractivity contribution >= 4 is 28.3 Å². The van der Waals surface area contributed by atoms with Gasteiger partial charge in [-0.05, 0) is 80.0 Å². The number of ether oxygens (including phenoxy) is 2. The number of carbonyl (C=O) groups is 1. The fourth-order valence-corrected chi connectivity index (χ4v) is 5.05. The van der Waals surface area contributed by atoms with Crippen molar-refractivity contribution in [3.8, 4) is 5.75 Å². The summed E-state index contributed by atoms with van der Waals surface area (Å²) in [6, 6.07) is 16.4. The molecule has 3 aromatic rings. The third-order valence-electron chi connectivity index (χ3n) is 6.77. The maximum absolute atomic E-state index is 12.5. The van der Waals surface area contributed by atoms with E-state index in [4.69, 9.17) is 14.5 Å². The first-order valence-electron chi connectivity index (χ1n) is 11.9. The third-order valence-corrected chi connectivity index (χ3v) is 6.77. The SMILES string of the molecule is COc1cccc2c1C(Nc1ccc3cc(NC(=O)CC4CCOCC4)ccc3n1)CCC2. The number of methoxy groups -OCH3 is 1. The van der Waals surface area contributed by atoms with Crippen molar-refractivity contribution in [3.05, 3.63) is 59.7 Å². The zero-order chi connectivity index (χ0) is 22.6. The monoisotopic (exact) mass is 445 g/mol. The van der Waals surface area contributed by atoms with Crippen molar-refractivity contribution in [2.24, 2.45) is 5.92 Å². The van der Waals surface area contributed by atoms with Crippen molar-refractivity contribution in [1.82, 2.24) is 4.98 Å². The van der Waals surface area contributed by atoms with Gasteiger partial charge >= 0.3 is 0 Å². The van der Waals surface area contributed by atoms with E-state index in [0.29, 0.717) is 12.3 Å². The summed E-state index contributed by atoms with van der Waals surface area (Å²) < 4.78 is 11.0. The van der Waals surface area contributed by atoms with E-state index in [9.17, 15) is 4.79 Å². The van der Waals surface area contributed by atoms with Gasteiger partial charge in [0, 0.05) is 36.3 Å². The van der Waals surface area contributed by atoms with Crippen molar-refractivity contribution in [1.29, 1.82) is 0 Å². The first-order valence-corrected chi connectivity index (χ1v) is 11.9. The van der Waals surface area contributed by atoms with E-state index < -0.39 is 0 Å². The fraction of sp³-hybridized carbons (Fsp3) is 0.407. The molecular formula is C27H31N3O3. The van der Waals surface area contributed by atoms with Crippen molar-refractivity contribution in [3.63, 3.8) is 0 Å². The van der Waals surface area contributed by atoms with Crippen LogP contribution in [0, 0.1) is 5.92 Å². The predicted molar refractivity (Wildman–Crippen MR) is 131 cm³/mol. The van der Waals surface area contributed by atoms with Gasteiger partial charge in [0.05, 0.1) is 18.7 Å². The average Bonchev–Trinajstić information content (AvgIpc) is 2.84. The number of carbonyl (C=O) groups excluding carboxylic acids is 1. The molecule has 2 aromatic carbocycles. The van der Waals surface area contributed by atoms with Crippen molar-refractivity contribution in [2.75, 3.05) is 31.0 Å². The van der Waals surface area contributed by atoms with Gasteiger partial charge in [-0.3, -0.25) is 4.79 Å². The second kappa shape index (κ2) is 9.79. The Balaban J connectivity index is 1.29. The number of aryl methyl sites for hydroxylation is 1. The van der Waals surface area contributed by atoms with Crippen LogP contribution in [0.3, 0.4) is 0 Å². The molecule has 33 heavy (non-hydrogen) atoms.